The minimum Gasteiger partial charge on any atom is -0.479 e. The summed E-state index contributed by atoms with van der Waals surface area (Å²) in [7, 11) is 1.57. The molecule has 1 unspecified atom stereocenters. The molecular formula is C12H18N2O5. The van der Waals surface area contributed by atoms with Gasteiger partial charge >= 0.3 is 12.0 Å². The van der Waals surface area contributed by atoms with Gasteiger partial charge in [0, 0.05) is 20.3 Å². The van der Waals surface area contributed by atoms with E-state index in [-0.39, 0.29) is 5.76 Å². The van der Waals surface area contributed by atoms with Crippen molar-refractivity contribution in [2.45, 2.75) is 18.9 Å². The van der Waals surface area contributed by atoms with Gasteiger partial charge < -0.3 is 24.9 Å². The SMILES string of the molecule is COCCCNC(=O)NC(C)(C(=O)O)c1ccco1. The number of hydrogen-bond acceptors (Lipinski definition) is 4. The molecule has 0 aliphatic heterocycles. The van der Waals surface area contributed by atoms with E-state index in [1.54, 1.807) is 13.2 Å². The van der Waals surface area contributed by atoms with Crippen molar-refractivity contribution in [3.05, 3.63) is 24.2 Å². The van der Waals surface area contributed by atoms with Gasteiger partial charge in [0.05, 0.1) is 6.26 Å². The summed E-state index contributed by atoms with van der Waals surface area (Å²) >= 11 is 0. The fraction of sp³-hybridized carbons (Fsp3) is 0.500. The number of carboxylic acid groups (broad SMARTS) is 1. The first-order valence-corrected chi connectivity index (χ1v) is 5.83. The molecule has 7 heteroatoms. The number of amides is 2. The van der Waals surface area contributed by atoms with Gasteiger partial charge in [0.15, 0.2) is 5.54 Å². The van der Waals surface area contributed by atoms with Crippen LogP contribution in [0.5, 0.6) is 0 Å². The minimum absolute atomic E-state index is 0.159. The molecule has 0 radical (unpaired) electrons. The Labute approximate surface area is 110 Å². The molecule has 1 aromatic rings. The van der Waals surface area contributed by atoms with Crippen molar-refractivity contribution in [1.82, 2.24) is 10.6 Å². The molecule has 0 bridgehead atoms. The molecule has 3 N–H and O–H groups in total. The average Bonchev–Trinajstić information content (AvgIpc) is 2.88. The summed E-state index contributed by atoms with van der Waals surface area (Å²) in [6, 6.07) is 2.49. The Balaban J connectivity index is 2.60. The van der Waals surface area contributed by atoms with Crippen molar-refractivity contribution in [1.29, 1.82) is 0 Å². The van der Waals surface area contributed by atoms with Crippen molar-refractivity contribution < 1.29 is 23.8 Å². The molecule has 0 fully saturated rings. The molecule has 19 heavy (non-hydrogen) atoms. The first kappa shape index (κ1) is 15.0. The molecule has 1 aromatic heterocycles. The highest BCUT2D eigenvalue weighted by Crippen LogP contribution is 2.21. The number of rotatable bonds is 7. The number of nitrogens with one attached hydrogen (secondary N) is 2. The molecule has 0 spiro atoms. The van der Waals surface area contributed by atoms with Crippen molar-refractivity contribution >= 4 is 12.0 Å². The summed E-state index contributed by atoms with van der Waals surface area (Å²) in [5.74, 6) is -1.04. The summed E-state index contributed by atoms with van der Waals surface area (Å²) in [5, 5.41) is 14.2. The first-order chi connectivity index (χ1) is 9.00. The zero-order chi connectivity index (χ0) is 14.3. The van der Waals surface area contributed by atoms with Crippen molar-refractivity contribution in [2.24, 2.45) is 0 Å². The Hall–Kier alpha value is -2.02. The fourth-order valence-corrected chi connectivity index (χ4v) is 1.47. The van der Waals surface area contributed by atoms with E-state index in [1.807, 2.05) is 0 Å². The lowest BCUT2D eigenvalue weighted by Gasteiger charge is -2.24. The van der Waals surface area contributed by atoms with Crippen LogP contribution in [0.4, 0.5) is 4.79 Å². The molecule has 1 heterocycles. The lowest BCUT2D eigenvalue weighted by Crippen LogP contribution is -2.52. The van der Waals surface area contributed by atoms with Crippen LogP contribution in [0.25, 0.3) is 0 Å². The van der Waals surface area contributed by atoms with E-state index < -0.39 is 17.5 Å². The van der Waals surface area contributed by atoms with E-state index in [1.165, 1.54) is 19.3 Å². The lowest BCUT2D eigenvalue weighted by atomic mass is 9.99. The number of ether oxygens (including phenoxy) is 1. The third kappa shape index (κ3) is 3.99. The second-order valence-corrected chi connectivity index (χ2v) is 4.13. The van der Waals surface area contributed by atoms with Gasteiger partial charge in [-0.15, -0.1) is 0 Å². The van der Waals surface area contributed by atoms with Crippen molar-refractivity contribution in [2.75, 3.05) is 20.3 Å². The molecule has 0 aliphatic rings. The highest BCUT2D eigenvalue weighted by molar-refractivity contribution is 5.86. The Morgan fingerprint density at radius 2 is 2.26 bits per heavy atom. The first-order valence-electron chi connectivity index (χ1n) is 5.83. The topological polar surface area (TPSA) is 101 Å². The molecule has 1 atom stereocenters. The Bertz CT molecular complexity index is 418. The van der Waals surface area contributed by atoms with E-state index in [4.69, 9.17) is 9.15 Å². The molecule has 106 valence electrons. The summed E-state index contributed by atoms with van der Waals surface area (Å²) in [4.78, 5) is 23.0. The van der Waals surface area contributed by atoms with Crippen LogP contribution in [-0.2, 0) is 15.1 Å². The number of carbonyl (C=O) groups is 2. The summed E-state index contributed by atoms with van der Waals surface area (Å²) in [6.45, 7) is 2.28. The minimum atomic E-state index is -1.60. The normalized spacial score (nSPS) is 13.6. The molecule has 0 saturated heterocycles. The van der Waals surface area contributed by atoms with Crippen molar-refractivity contribution in [3.63, 3.8) is 0 Å². The number of carbonyl (C=O) groups excluding carboxylic acids is 1. The standard InChI is InChI=1S/C12H18N2O5/c1-12(10(15)16,9-5-3-8-19-9)14-11(17)13-6-4-7-18-2/h3,5,8H,4,6-7H2,1-2H3,(H,15,16)(H2,13,14,17). The van der Waals surface area contributed by atoms with Crippen LogP contribution in [0.1, 0.15) is 19.1 Å². The molecule has 7 nitrogen and oxygen atoms in total. The number of methoxy groups -OCH3 is 1. The van der Waals surface area contributed by atoms with Gasteiger partial charge in [-0.1, -0.05) is 0 Å². The smallest absolute Gasteiger partial charge is 0.337 e. The highest BCUT2D eigenvalue weighted by atomic mass is 16.5. The fourth-order valence-electron chi connectivity index (χ4n) is 1.47. The Kier molecular flexibility index (Phi) is 5.37. The molecule has 0 aromatic carbocycles. The summed E-state index contributed by atoms with van der Waals surface area (Å²) < 4.78 is 9.90. The number of urea groups is 1. The van der Waals surface area contributed by atoms with Crippen LogP contribution >= 0.6 is 0 Å². The zero-order valence-corrected chi connectivity index (χ0v) is 10.9. The van der Waals surface area contributed by atoms with E-state index in [2.05, 4.69) is 10.6 Å². The third-order valence-corrected chi connectivity index (χ3v) is 2.62. The van der Waals surface area contributed by atoms with Gasteiger partial charge in [-0.3, -0.25) is 0 Å². The lowest BCUT2D eigenvalue weighted by molar-refractivity contribution is -0.144. The van der Waals surface area contributed by atoms with Crippen LogP contribution < -0.4 is 10.6 Å². The number of aliphatic carboxylic acids is 1. The van der Waals surface area contributed by atoms with E-state index >= 15 is 0 Å². The van der Waals surface area contributed by atoms with Gasteiger partial charge in [0.1, 0.15) is 5.76 Å². The molecule has 0 aliphatic carbocycles. The summed E-state index contributed by atoms with van der Waals surface area (Å²) in [5.41, 5.74) is -1.60. The van der Waals surface area contributed by atoms with Crippen LogP contribution in [0.3, 0.4) is 0 Å². The van der Waals surface area contributed by atoms with Crippen LogP contribution in [0.2, 0.25) is 0 Å². The molecule has 0 saturated carbocycles. The van der Waals surface area contributed by atoms with Gasteiger partial charge in [-0.05, 0) is 25.5 Å². The maximum absolute atomic E-state index is 11.7. The maximum Gasteiger partial charge on any atom is 0.337 e. The van der Waals surface area contributed by atoms with E-state index in [9.17, 15) is 14.7 Å². The molecule has 1 rings (SSSR count). The zero-order valence-electron chi connectivity index (χ0n) is 10.9. The third-order valence-electron chi connectivity index (χ3n) is 2.62. The van der Waals surface area contributed by atoms with E-state index in [0.29, 0.717) is 19.6 Å². The maximum atomic E-state index is 11.7. The van der Waals surface area contributed by atoms with Crippen LogP contribution in [0.15, 0.2) is 22.8 Å². The van der Waals surface area contributed by atoms with Crippen LogP contribution in [0, 0.1) is 0 Å². The largest absolute Gasteiger partial charge is 0.479 e. The Morgan fingerprint density at radius 3 is 2.79 bits per heavy atom. The van der Waals surface area contributed by atoms with E-state index in [0.717, 1.165) is 0 Å². The average molecular weight is 270 g/mol. The number of hydrogen-bond donors (Lipinski definition) is 3. The van der Waals surface area contributed by atoms with Gasteiger partial charge in [-0.2, -0.15) is 0 Å². The second-order valence-electron chi connectivity index (χ2n) is 4.13. The quantitative estimate of drug-likeness (QED) is 0.639. The Morgan fingerprint density at radius 1 is 1.53 bits per heavy atom. The second kappa shape index (κ2) is 6.79. The molecular weight excluding hydrogens is 252 g/mol. The van der Waals surface area contributed by atoms with Crippen molar-refractivity contribution in [3.8, 4) is 0 Å². The monoisotopic (exact) mass is 270 g/mol. The number of furan rings is 1. The van der Waals surface area contributed by atoms with Gasteiger partial charge in [-0.25, -0.2) is 9.59 Å². The van der Waals surface area contributed by atoms with Crippen LogP contribution in [-0.4, -0.2) is 37.4 Å². The predicted molar refractivity (Wildman–Crippen MR) is 66.7 cm³/mol. The highest BCUT2D eigenvalue weighted by Gasteiger charge is 2.39. The summed E-state index contributed by atoms with van der Waals surface area (Å²) in [6.07, 6.45) is 2.00. The molecule has 2 amide bonds. The number of carboxylic acids is 1. The predicted octanol–water partition coefficient (Wildman–Crippen LogP) is 0.915. The van der Waals surface area contributed by atoms with Gasteiger partial charge in [0.25, 0.3) is 0 Å². The van der Waals surface area contributed by atoms with Gasteiger partial charge in [0.2, 0.25) is 0 Å².